The first-order chi connectivity index (χ1) is 12.3. The molecule has 9 heteroatoms. The summed E-state index contributed by atoms with van der Waals surface area (Å²) in [7, 11) is 0.0686. The van der Waals surface area contributed by atoms with Crippen molar-refractivity contribution in [2.45, 2.75) is 18.9 Å². The molecule has 2 fully saturated rings. The Hall–Kier alpha value is -2.13. The van der Waals surface area contributed by atoms with E-state index in [2.05, 4.69) is 19.6 Å². The molecule has 8 nitrogen and oxygen atoms in total. The smallest absolute Gasteiger partial charge is 0.208 e. The lowest BCUT2D eigenvalue weighted by molar-refractivity contribution is 0.0587. The summed E-state index contributed by atoms with van der Waals surface area (Å²) in [5.41, 5.74) is 0.995. The molecule has 140 valence electrons. The minimum atomic E-state index is -3.14. The van der Waals surface area contributed by atoms with Crippen molar-refractivity contribution in [3.05, 3.63) is 18.5 Å². The summed E-state index contributed by atoms with van der Waals surface area (Å²) < 4.78 is 36.1. The number of aromatic nitrogens is 2. The van der Waals surface area contributed by atoms with Crippen LogP contribution >= 0.6 is 0 Å². The number of nitrogens with one attached hydrogen (secondary N) is 1. The molecule has 1 aliphatic heterocycles. The van der Waals surface area contributed by atoms with E-state index in [1.165, 1.54) is 6.26 Å². The van der Waals surface area contributed by atoms with Gasteiger partial charge in [-0.3, -0.25) is 0 Å². The molecule has 1 aromatic heterocycles. The third-order valence-electron chi connectivity index (χ3n) is 5.21. The number of rotatable bonds is 5. The van der Waals surface area contributed by atoms with Crippen LogP contribution in [0, 0.1) is 5.41 Å². The quantitative estimate of drug-likeness (QED) is 0.834. The van der Waals surface area contributed by atoms with Crippen LogP contribution in [0.1, 0.15) is 12.8 Å². The number of anilines is 1. The van der Waals surface area contributed by atoms with Crippen molar-refractivity contribution in [3.8, 4) is 11.5 Å². The van der Waals surface area contributed by atoms with Gasteiger partial charge < -0.3 is 14.4 Å². The van der Waals surface area contributed by atoms with Crippen LogP contribution in [0.25, 0.3) is 10.9 Å². The van der Waals surface area contributed by atoms with Crippen LogP contribution in [0.3, 0.4) is 0 Å². The molecule has 2 aliphatic rings. The molecule has 1 aromatic carbocycles. The molecule has 0 unspecified atom stereocenters. The van der Waals surface area contributed by atoms with E-state index in [0.29, 0.717) is 11.5 Å². The molecule has 1 N–H and O–H groups in total. The second kappa shape index (κ2) is 5.95. The minimum Gasteiger partial charge on any atom is -0.493 e. The average molecular weight is 378 g/mol. The van der Waals surface area contributed by atoms with E-state index in [-0.39, 0.29) is 11.5 Å². The molecule has 1 spiro atoms. The topological polar surface area (TPSA) is 93.7 Å². The van der Waals surface area contributed by atoms with Gasteiger partial charge in [0.2, 0.25) is 10.0 Å². The van der Waals surface area contributed by atoms with Crippen LogP contribution in [-0.2, 0) is 10.0 Å². The number of nitrogens with zero attached hydrogens (tertiary/aromatic N) is 3. The van der Waals surface area contributed by atoms with Crippen molar-refractivity contribution in [2.24, 2.45) is 5.41 Å². The van der Waals surface area contributed by atoms with E-state index in [1.807, 2.05) is 12.1 Å². The van der Waals surface area contributed by atoms with Crippen molar-refractivity contribution >= 4 is 26.7 Å². The van der Waals surface area contributed by atoms with E-state index in [0.717, 1.165) is 42.7 Å². The molecule has 4 rings (SSSR count). The Morgan fingerprint density at radius 2 is 1.81 bits per heavy atom. The van der Waals surface area contributed by atoms with Crippen molar-refractivity contribution in [1.29, 1.82) is 0 Å². The van der Waals surface area contributed by atoms with Crippen molar-refractivity contribution in [3.63, 3.8) is 0 Å². The summed E-state index contributed by atoms with van der Waals surface area (Å²) in [5, 5.41) is 0.921. The maximum Gasteiger partial charge on any atom is 0.208 e. The highest BCUT2D eigenvalue weighted by Gasteiger charge is 2.53. The fraction of sp³-hybridized carbons (Fsp3) is 0.529. The highest BCUT2D eigenvalue weighted by atomic mass is 32.2. The minimum absolute atomic E-state index is 0.0543. The van der Waals surface area contributed by atoms with E-state index in [9.17, 15) is 8.42 Å². The number of methoxy groups -OCH3 is 2. The van der Waals surface area contributed by atoms with Crippen LogP contribution in [0.15, 0.2) is 18.5 Å². The van der Waals surface area contributed by atoms with Gasteiger partial charge in [-0.25, -0.2) is 23.1 Å². The Labute approximate surface area is 152 Å². The van der Waals surface area contributed by atoms with Crippen molar-refractivity contribution < 1.29 is 17.9 Å². The van der Waals surface area contributed by atoms with Gasteiger partial charge in [-0.15, -0.1) is 0 Å². The predicted molar refractivity (Wildman–Crippen MR) is 98.3 cm³/mol. The van der Waals surface area contributed by atoms with Crippen LogP contribution in [0.2, 0.25) is 0 Å². The van der Waals surface area contributed by atoms with Crippen molar-refractivity contribution in [1.82, 2.24) is 14.7 Å². The molecular formula is C17H22N4O4S. The van der Waals surface area contributed by atoms with Gasteiger partial charge in [-0.1, -0.05) is 0 Å². The van der Waals surface area contributed by atoms with Gasteiger partial charge in [0.1, 0.15) is 12.1 Å². The fourth-order valence-electron chi connectivity index (χ4n) is 4.16. The van der Waals surface area contributed by atoms with Gasteiger partial charge in [0.25, 0.3) is 0 Å². The standard InChI is InChI=1S/C17H22N4O4S/c1-24-14-4-12-13(5-15(14)25-2)18-10-19-16(12)21-8-17(9-21)6-11(7-17)20-26(3,22)23/h4-5,10-11,20H,6-9H2,1-3H3. The second-order valence-electron chi connectivity index (χ2n) is 7.27. The highest BCUT2D eigenvalue weighted by Crippen LogP contribution is 2.50. The molecule has 2 aromatic rings. The molecule has 2 heterocycles. The number of fused-ring (bicyclic) bond motifs is 1. The Balaban J connectivity index is 1.53. The van der Waals surface area contributed by atoms with E-state index in [4.69, 9.17) is 9.47 Å². The number of hydrogen-bond donors (Lipinski definition) is 1. The lowest BCUT2D eigenvalue weighted by atomic mass is 9.61. The van der Waals surface area contributed by atoms with Gasteiger partial charge in [-0.05, 0) is 18.9 Å². The molecule has 1 saturated carbocycles. The second-order valence-corrected chi connectivity index (χ2v) is 9.05. The largest absolute Gasteiger partial charge is 0.493 e. The number of hydrogen-bond acceptors (Lipinski definition) is 7. The summed E-state index contributed by atoms with van der Waals surface area (Å²) in [5.74, 6) is 2.16. The van der Waals surface area contributed by atoms with Gasteiger partial charge in [0.15, 0.2) is 11.5 Å². The third-order valence-corrected chi connectivity index (χ3v) is 5.97. The SMILES string of the molecule is COc1cc2ncnc(N3CC4(CC(NS(C)(=O)=O)C4)C3)c2cc1OC. The summed E-state index contributed by atoms with van der Waals surface area (Å²) in [4.78, 5) is 11.0. The first kappa shape index (κ1) is 17.3. The first-order valence-corrected chi connectivity index (χ1v) is 10.3. The summed E-state index contributed by atoms with van der Waals surface area (Å²) >= 11 is 0. The van der Waals surface area contributed by atoms with E-state index in [1.54, 1.807) is 20.5 Å². The predicted octanol–water partition coefficient (Wildman–Crippen LogP) is 1.17. The van der Waals surface area contributed by atoms with Gasteiger partial charge in [0, 0.05) is 36.0 Å². The maximum absolute atomic E-state index is 11.3. The molecular weight excluding hydrogens is 356 g/mol. The molecule has 1 aliphatic carbocycles. The first-order valence-electron chi connectivity index (χ1n) is 8.41. The van der Waals surface area contributed by atoms with Crippen LogP contribution < -0.4 is 19.1 Å². The highest BCUT2D eigenvalue weighted by molar-refractivity contribution is 7.88. The van der Waals surface area contributed by atoms with Gasteiger partial charge in [-0.2, -0.15) is 0 Å². The van der Waals surface area contributed by atoms with Crippen LogP contribution in [-0.4, -0.2) is 58.0 Å². The Morgan fingerprint density at radius 1 is 1.15 bits per heavy atom. The monoisotopic (exact) mass is 378 g/mol. The molecule has 0 amide bonds. The zero-order valence-electron chi connectivity index (χ0n) is 15.0. The fourth-order valence-corrected chi connectivity index (χ4v) is 4.94. The summed E-state index contributed by atoms with van der Waals surface area (Å²) in [6.07, 6.45) is 4.51. The molecule has 0 radical (unpaired) electrons. The third kappa shape index (κ3) is 2.95. The van der Waals surface area contributed by atoms with Crippen molar-refractivity contribution in [2.75, 3.05) is 38.5 Å². The Bertz CT molecular complexity index is 949. The average Bonchev–Trinajstić information content (AvgIpc) is 2.53. The molecule has 1 saturated heterocycles. The van der Waals surface area contributed by atoms with Gasteiger partial charge >= 0.3 is 0 Å². The summed E-state index contributed by atoms with van der Waals surface area (Å²) in [6.45, 7) is 1.74. The van der Waals surface area contributed by atoms with E-state index < -0.39 is 10.0 Å². The zero-order valence-corrected chi connectivity index (χ0v) is 15.8. The lowest BCUT2D eigenvalue weighted by Crippen LogP contribution is -2.66. The van der Waals surface area contributed by atoms with Crippen LogP contribution in [0.4, 0.5) is 5.82 Å². The zero-order chi connectivity index (χ0) is 18.5. The number of sulfonamides is 1. The maximum atomic E-state index is 11.3. The molecule has 26 heavy (non-hydrogen) atoms. The lowest BCUT2D eigenvalue weighted by Gasteiger charge is -2.59. The Morgan fingerprint density at radius 3 is 2.42 bits per heavy atom. The molecule has 0 atom stereocenters. The van der Waals surface area contributed by atoms with E-state index >= 15 is 0 Å². The number of ether oxygens (including phenoxy) is 2. The molecule has 0 bridgehead atoms. The number of benzene rings is 1. The van der Waals surface area contributed by atoms with Gasteiger partial charge in [0.05, 0.1) is 26.0 Å². The normalized spacial score (nSPS) is 19.3. The Kier molecular flexibility index (Phi) is 3.96. The summed E-state index contributed by atoms with van der Waals surface area (Å²) in [6, 6.07) is 3.81. The van der Waals surface area contributed by atoms with Crippen LogP contribution in [0.5, 0.6) is 11.5 Å².